The van der Waals surface area contributed by atoms with Crippen molar-refractivity contribution >= 4 is 16.7 Å². The van der Waals surface area contributed by atoms with Gasteiger partial charge in [-0.15, -0.1) is 0 Å². The number of furan rings is 1. The quantitative estimate of drug-likeness (QED) is 0.433. The summed E-state index contributed by atoms with van der Waals surface area (Å²) in [5.74, 6) is 1.02. The summed E-state index contributed by atoms with van der Waals surface area (Å²) in [6.45, 7) is 2.25. The van der Waals surface area contributed by atoms with Crippen molar-refractivity contribution in [2.45, 2.75) is 38.3 Å². The Morgan fingerprint density at radius 1 is 1.12 bits per heavy atom. The average Bonchev–Trinajstić information content (AvgIpc) is 3.59. The number of aliphatic hydroxyl groups is 1. The predicted molar refractivity (Wildman–Crippen MR) is 122 cm³/mol. The molecule has 0 saturated carbocycles. The molecule has 4 aromatic rings. The van der Waals surface area contributed by atoms with Crippen LogP contribution in [-0.4, -0.2) is 27.2 Å². The molecule has 1 N–H and O–H groups in total. The molecule has 0 bridgehead atoms. The Morgan fingerprint density at radius 2 is 1.94 bits per heavy atom. The Labute approximate surface area is 193 Å². The van der Waals surface area contributed by atoms with Crippen LogP contribution in [0.15, 0.2) is 46.0 Å². The van der Waals surface area contributed by atoms with Crippen LogP contribution in [0.3, 0.4) is 0 Å². The van der Waals surface area contributed by atoms with Crippen molar-refractivity contribution in [1.29, 1.82) is 0 Å². The molecule has 170 valence electrons. The minimum Gasteiger partial charge on any atom is -0.472 e. The van der Waals surface area contributed by atoms with Gasteiger partial charge in [0.05, 0.1) is 36.0 Å². The van der Waals surface area contributed by atoms with Gasteiger partial charge in [-0.3, -0.25) is 9.59 Å². The molecule has 0 amide bonds. The first-order valence-electron chi connectivity index (χ1n) is 11.3. The number of carbonyl (C=O) groups excluding carboxylic acids is 1. The number of aromatic nitrogens is 2. The number of Topliss-reactive ketones (excluding diaryl/α,β-unsaturated/α-hetero) is 1. The molecule has 0 spiro atoms. The molecule has 0 unspecified atom stereocenters. The standard InChI is InChI=1S/C26H20N2O6/c1-2-26(31)17-8-19-24-16(10-28(19)25(30)14(17)3-4-22(26)29)23(13-5-6-32-11-13)15-7-20-21(34-12-33-20)9-18(15)27-24/h5-9,11,31H,2-4,10,12H2,1H3/t26-/m0/s1. The summed E-state index contributed by atoms with van der Waals surface area (Å²) in [7, 11) is 0. The Hall–Kier alpha value is -3.91. The van der Waals surface area contributed by atoms with Crippen molar-refractivity contribution in [3.63, 3.8) is 0 Å². The Bertz CT molecular complexity index is 1600. The van der Waals surface area contributed by atoms with Crippen molar-refractivity contribution in [2.24, 2.45) is 0 Å². The summed E-state index contributed by atoms with van der Waals surface area (Å²) in [4.78, 5) is 31.2. The van der Waals surface area contributed by atoms with E-state index < -0.39 is 5.60 Å². The fourth-order valence-corrected chi connectivity index (χ4v) is 5.59. The molecule has 1 atom stereocenters. The monoisotopic (exact) mass is 456 g/mol. The largest absolute Gasteiger partial charge is 0.472 e. The molecule has 1 aliphatic carbocycles. The van der Waals surface area contributed by atoms with Crippen molar-refractivity contribution < 1.29 is 23.8 Å². The lowest BCUT2D eigenvalue weighted by Gasteiger charge is -2.32. The van der Waals surface area contributed by atoms with E-state index in [0.29, 0.717) is 52.5 Å². The van der Waals surface area contributed by atoms with Crippen LogP contribution in [0.4, 0.5) is 0 Å². The zero-order valence-electron chi connectivity index (χ0n) is 18.4. The third kappa shape index (κ3) is 2.38. The molecule has 0 radical (unpaired) electrons. The lowest BCUT2D eigenvalue weighted by molar-refractivity contribution is -0.140. The fourth-order valence-electron chi connectivity index (χ4n) is 5.59. The van der Waals surface area contributed by atoms with Crippen LogP contribution in [-0.2, 0) is 23.4 Å². The van der Waals surface area contributed by atoms with Crippen LogP contribution >= 0.6 is 0 Å². The fraction of sp³-hybridized carbons (Fsp3) is 0.269. The maximum atomic E-state index is 13.6. The smallest absolute Gasteiger partial charge is 0.254 e. The summed E-state index contributed by atoms with van der Waals surface area (Å²) >= 11 is 0. The lowest BCUT2D eigenvalue weighted by atomic mass is 9.77. The minimum absolute atomic E-state index is 0.153. The van der Waals surface area contributed by atoms with Crippen LogP contribution in [0.5, 0.6) is 11.5 Å². The molecular weight excluding hydrogens is 436 g/mol. The van der Waals surface area contributed by atoms with Gasteiger partial charge in [0.2, 0.25) is 6.79 Å². The van der Waals surface area contributed by atoms with E-state index in [1.54, 1.807) is 30.1 Å². The number of hydrogen-bond acceptors (Lipinski definition) is 7. The van der Waals surface area contributed by atoms with Crippen LogP contribution in [0.1, 0.15) is 36.5 Å². The molecule has 34 heavy (non-hydrogen) atoms. The van der Waals surface area contributed by atoms with E-state index in [4.69, 9.17) is 18.9 Å². The topological polar surface area (TPSA) is 104 Å². The Balaban J connectivity index is 1.56. The number of ether oxygens (including phenoxy) is 2. The number of nitrogens with zero attached hydrogens (tertiary/aromatic N) is 2. The van der Waals surface area contributed by atoms with Gasteiger partial charge in [0, 0.05) is 45.7 Å². The van der Waals surface area contributed by atoms with E-state index in [1.807, 2.05) is 18.2 Å². The summed E-state index contributed by atoms with van der Waals surface area (Å²) in [5, 5.41) is 12.1. The Kier molecular flexibility index (Phi) is 3.78. The summed E-state index contributed by atoms with van der Waals surface area (Å²) in [6.07, 6.45) is 3.99. The average molecular weight is 456 g/mol. The first-order valence-corrected chi connectivity index (χ1v) is 11.3. The molecule has 8 nitrogen and oxygen atoms in total. The van der Waals surface area contributed by atoms with Gasteiger partial charge in [-0.2, -0.15) is 0 Å². The van der Waals surface area contributed by atoms with Crippen molar-refractivity contribution in [2.75, 3.05) is 6.79 Å². The van der Waals surface area contributed by atoms with Crippen LogP contribution in [0.2, 0.25) is 0 Å². The highest BCUT2D eigenvalue weighted by Gasteiger charge is 2.43. The van der Waals surface area contributed by atoms with Crippen LogP contribution < -0.4 is 15.0 Å². The van der Waals surface area contributed by atoms with Gasteiger partial charge < -0.3 is 23.6 Å². The van der Waals surface area contributed by atoms with Crippen molar-refractivity contribution in [1.82, 2.24) is 9.55 Å². The first-order chi connectivity index (χ1) is 16.5. The molecule has 7 rings (SSSR count). The highest BCUT2D eigenvalue weighted by atomic mass is 16.7. The Morgan fingerprint density at radius 3 is 2.71 bits per heavy atom. The summed E-state index contributed by atoms with van der Waals surface area (Å²) in [5.41, 5.74) is 3.70. The van der Waals surface area contributed by atoms with Gasteiger partial charge in [0.15, 0.2) is 17.3 Å². The number of rotatable bonds is 2. The molecule has 8 heteroatoms. The molecule has 0 fully saturated rings. The van der Waals surface area contributed by atoms with E-state index in [-0.39, 0.29) is 31.0 Å². The molecule has 3 aromatic heterocycles. The second-order valence-corrected chi connectivity index (χ2v) is 9.00. The zero-order chi connectivity index (χ0) is 23.2. The maximum Gasteiger partial charge on any atom is 0.254 e. The molecular formula is C26H20N2O6. The van der Waals surface area contributed by atoms with Gasteiger partial charge >= 0.3 is 0 Å². The third-order valence-electron chi connectivity index (χ3n) is 7.37. The number of carbonyl (C=O) groups is 1. The van der Waals surface area contributed by atoms with Crippen LogP contribution in [0.25, 0.3) is 33.4 Å². The number of ketones is 1. The maximum absolute atomic E-state index is 13.6. The van der Waals surface area contributed by atoms with Gasteiger partial charge in [-0.1, -0.05) is 6.92 Å². The summed E-state index contributed by atoms with van der Waals surface area (Å²) < 4.78 is 18.3. The lowest BCUT2D eigenvalue weighted by Crippen LogP contribution is -2.43. The van der Waals surface area contributed by atoms with Crippen LogP contribution in [0, 0.1) is 0 Å². The van der Waals surface area contributed by atoms with Crippen molar-refractivity contribution in [3.8, 4) is 34.0 Å². The second kappa shape index (κ2) is 6.57. The van der Waals surface area contributed by atoms with Gasteiger partial charge in [-0.05, 0) is 31.0 Å². The molecule has 3 aliphatic rings. The van der Waals surface area contributed by atoms with E-state index in [1.165, 1.54) is 0 Å². The number of fused-ring (bicyclic) bond motifs is 6. The van der Waals surface area contributed by atoms with Gasteiger partial charge in [0.1, 0.15) is 5.60 Å². The minimum atomic E-state index is -1.65. The van der Waals surface area contributed by atoms with Gasteiger partial charge in [0.25, 0.3) is 5.56 Å². The predicted octanol–water partition coefficient (Wildman–Crippen LogP) is 3.53. The molecule has 0 saturated heterocycles. The molecule has 5 heterocycles. The zero-order valence-corrected chi connectivity index (χ0v) is 18.4. The molecule has 1 aromatic carbocycles. The SMILES string of the molecule is CC[C@@]1(O)C(=O)CCc2c1cc1n(c2=O)Cc2c-1nc1cc3c(cc1c2-c1ccoc1)OCO3. The number of hydrogen-bond donors (Lipinski definition) is 1. The normalized spacial score (nSPS) is 19.9. The molecule has 2 aliphatic heterocycles. The van der Waals surface area contributed by atoms with Crippen molar-refractivity contribution in [3.05, 3.63) is 63.8 Å². The second-order valence-electron chi connectivity index (χ2n) is 9.00. The van der Waals surface area contributed by atoms with E-state index in [9.17, 15) is 14.7 Å². The third-order valence-corrected chi connectivity index (χ3v) is 7.37. The highest BCUT2D eigenvalue weighted by molar-refractivity contribution is 6.01. The summed E-state index contributed by atoms with van der Waals surface area (Å²) in [6, 6.07) is 7.42. The number of benzene rings is 1. The van der Waals surface area contributed by atoms with E-state index in [2.05, 4.69) is 0 Å². The number of pyridine rings is 2. The first kappa shape index (κ1) is 19.5. The van der Waals surface area contributed by atoms with Gasteiger partial charge in [-0.25, -0.2) is 4.98 Å². The van der Waals surface area contributed by atoms with E-state index in [0.717, 1.165) is 22.1 Å². The van der Waals surface area contributed by atoms with E-state index >= 15 is 0 Å². The highest BCUT2D eigenvalue weighted by Crippen LogP contribution is 2.46.